The lowest BCUT2D eigenvalue weighted by Crippen LogP contribution is -2.49. The molecule has 1 aromatic rings. The number of hydrogen-bond donors (Lipinski definition) is 2. The topological polar surface area (TPSA) is 69.6 Å². The summed E-state index contributed by atoms with van der Waals surface area (Å²) >= 11 is 0. The maximum absolute atomic E-state index is 12.8. The van der Waals surface area contributed by atoms with Crippen molar-refractivity contribution in [2.45, 2.75) is 37.8 Å². The Morgan fingerprint density at radius 2 is 1.95 bits per heavy atom. The van der Waals surface area contributed by atoms with Crippen LogP contribution in [0.3, 0.4) is 0 Å². The number of carbonyl (C=O) groups excluding carboxylic acids is 2. The number of hydrogen-bond acceptors (Lipinski definition) is 3. The Hall–Kier alpha value is -1.95. The second kappa shape index (κ2) is 6.44. The zero-order chi connectivity index (χ0) is 16.3. The Bertz CT molecular complexity index is 553. The van der Waals surface area contributed by atoms with Crippen LogP contribution in [0.5, 0.6) is 0 Å². The van der Waals surface area contributed by atoms with Crippen LogP contribution in [0, 0.1) is 5.82 Å². The average Bonchev–Trinajstić information content (AvgIpc) is 3.20. The fourth-order valence-electron chi connectivity index (χ4n) is 2.29. The number of likely N-dealkylation sites (N-methyl/N-ethyl adjacent to an activating group) is 1. The number of halogens is 1. The second-order valence-electron chi connectivity index (χ2n) is 6.00. The molecule has 0 radical (unpaired) electrons. The molecule has 1 aromatic carbocycles. The van der Waals surface area contributed by atoms with Gasteiger partial charge in [0.2, 0.25) is 11.8 Å². The van der Waals surface area contributed by atoms with E-state index in [4.69, 9.17) is 0 Å². The summed E-state index contributed by atoms with van der Waals surface area (Å²) < 4.78 is 12.8. The van der Waals surface area contributed by atoms with Gasteiger partial charge in [-0.2, -0.15) is 0 Å². The first-order chi connectivity index (χ1) is 10.3. The zero-order valence-electron chi connectivity index (χ0n) is 12.8. The van der Waals surface area contributed by atoms with Crippen molar-refractivity contribution in [1.29, 1.82) is 0 Å². The standard InChI is InChI=1S/C16H21FN2O3/c1-11(20)15(22)18-16(7-8-16)10-19(2)14(21)9-12-3-5-13(17)6-4-12/h3-6,11,20H,7-10H2,1-2H3,(H,18,22). The lowest BCUT2D eigenvalue weighted by Gasteiger charge is -2.25. The molecule has 0 bridgehead atoms. The number of aliphatic hydroxyl groups is 1. The molecule has 5 nitrogen and oxygen atoms in total. The first kappa shape index (κ1) is 16.4. The van der Waals surface area contributed by atoms with Crippen molar-refractivity contribution >= 4 is 11.8 Å². The molecule has 0 heterocycles. The van der Waals surface area contributed by atoms with Crippen LogP contribution in [0.1, 0.15) is 25.3 Å². The van der Waals surface area contributed by atoms with Crippen LogP contribution in [0.2, 0.25) is 0 Å². The minimum atomic E-state index is -1.06. The molecule has 1 atom stereocenters. The molecular weight excluding hydrogens is 287 g/mol. The van der Waals surface area contributed by atoms with Crippen molar-refractivity contribution in [3.05, 3.63) is 35.6 Å². The number of nitrogens with one attached hydrogen (secondary N) is 1. The first-order valence-electron chi connectivity index (χ1n) is 7.30. The van der Waals surface area contributed by atoms with E-state index in [0.717, 1.165) is 18.4 Å². The molecule has 0 aliphatic heterocycles. The Balaban J connectivity index is 1.88. The van der Waals surface area contributed by atoms with Gasteiger partial charge < -0.3 is 15.3 Å². The third-order valence-corrected chi connectivity index (χ3v) is 3.86. The molecule has 0 spiro atoms. The van der Waals surface area contributed by atoms with E-state index < -0.39 is 17.6 Å². The lowest BCUT2D eigenvalue weighted by molar-refractivity contribution is -0.132. The summed E-state index contributed by atoms with van der Waals surface area (Å²) in [6, 6.07) is 5.83. The van der Waals surface area contributed by atoms with Gasteiger partial charge in [0.1, 0.15) is 11.9 Å². The molecular formula is C16H21FN2O3. The molecule has 2 rings (SSSR count). The summed E-state index contributed by atoms with van der Waals surface area (Å²) in [6.45, 7) is 1.82. The minimum absolute atomic E-state index is 0.0934. The van der Waals surface area contributed by atoms with Crippen LogP contribution in [0.15, 0.2) is 24.3 Å². The van der Waals surface area contributed by atoms with Gasteiger partial charge >= 0.3 is 0 Å². The molecule has 120 valence electrons. The fourth-order valence-corrected chi connectivity index (χ4v) is 2.29. The maximum atomic E-state index is 12.8. The van der Waals surface area contributed by atoms with Crippen LogP contribution in [-0.4, -0.2) is 47.1 Å². The summed E-state index contributed by atoms with van der Waals surface area (Å²) in [4.78, 5) is 25.3. The number of nitrogens with zero attached hydrogens (tertiary/aromatic N) is 1. The van der Waals surface area contributed by atoms with Gasteiger partial charge in [-0.25, -0.2) is 4.39 Å². The van der Waals surface area contributed by atoms with Gasteiger partial charge in [-0.1, -0.05) is 12.1 Å². The summed E-state index contributed by atoms with van der Waals surface area (Å²) in [5.74, 6) is -0.844. The SMILES string of the molecule is CC(O)C(=O)NC1(CN(C)C(=O)Cc2ccc(F)cc2)CC1. The van der Waals surface area contributed by atoms with Crippen molar-refractivity contribution < 1.29 is 19.1 Å². The highest BCUT2D eigenvalue weighted by Gasteiger charge is 2.45. The number of carbonyl (C=O) groups is 2. The molecule has 0 saturated heterocycles. The molecule has 1 unspecified atom stereocenters. The summed E-state index contributed by atoms with van der Waals surface area (Å²) in [5.41, 5.74) is 0.331. The van der Waals surface area contributed by atoms with Crippen molar-refractivity contribution in [3.8, 4) is 0 Å². The number of amides is 2. The second-order valence-corrected chi connectivity index (χ2v) is 6.00. The van der Waals surface area contributed by atoms with Crippen LogP contribution in [-0.2, 0) is 16.0 Å². The van der Waals surface area contributed by atoms with E-state index in [0.29, 0.717) is 6.54 Å². The zero-order valence-corrected chi connectivity index (χ0v) is 12.8. The van der Waals surface area contributed by atoms with Crippen LogP contribution < -0.4 is 5.32 Å². The Kier molecular flexibility index (Phi) is 4.81. The van der Waals surface area contributed by atoms with E-state index in [2.05, 4.69) is 5.32 Å². The first-order valence-corrected chi connectivity index (χ1v) is 7.30. The highest BCUT2D eigenvalue weighted by atomic mass is 19.1. The number of benzene rings is 1. The summed E-state index contributed by atoms with van der Waals surface area (Å²) in [6.07, 6.45) is 0.717. The van der Waals surface area contributed by atoms with Crippen molar-refractivity contribution in [2.75, 3.05) is 13.6 Å². The molecule has 1 fully saturated rings. The minimum Gasteiger partial charge on any atom is -0.384 e. The predicted molar refractivity (Wildman–Crippen MR) is 79.5 cm³/mol. The Morgan fingerprint density at radius 3 is 2.45 bits per heavy atom. The van der Waals surface area contributed by atoms with Crippen LogP contribution in [0.4, 0.5) is 4.39 Å². The van der Waals surface area contributed by atoms with E-state index in [9.17, 15) is 19.1 Å². The van der Waals surface area contributed by atoms with Gasteiger partial charge in [-0.05, 0) is 37.5 Å². The van der Waals surface area contributed by atoms with Gasteiger partial charge in [-0.15, -0.1) is 0 Å². The van der Waals surface area contributed by atoms with Gasteiger partial charge in [0.05, 0.1) is 12.0 Å². The molecule has 1 aliphatic rings. The van der Waals surface area contributed by atoms with Crippen LogP contribution >= 0.6 is 0 Å². The largest absolute Gasteiger partial charge is 0.384 e. The maximum Gasteiger partial charge on any atom is 0.249 e. The third kappa shape index (κ3) is 4.27. The summed E-state index contributed by atoms with van der Waals surface area (Å²) in [5, 5.41) is 12.0. The lowest BCUT2D eigenvalue weighted by atomic mass is 10.1. The molecule has 0 aromatic heterocycles. The average molecular weight is 308 g/mol. The number of aliphatic hydroxyl groups excluding tert-OH is 1. The highest BCUT2D eigenvalue weighted by Crippen LogP contribution is 2.36. The summed E-state index contributed by atoms with van der Waals surface area (Å²) in [7, 11) is 1.68. The molecule has 22 heavy (non-hydrogen) atoms. The van der Waals surface area contributed by atoms with Crippen molar-refractivity contribution in [3.63, 3.8) is 0 Å². The Morgan fingerprint density at radius 1 is 1.36 bits per heavy atom. The van der Waals surface area contributed by atoms with E-state index in [1.807, 2.05) is 0 Å². The van der Waals surface area contributed by atoms with Gasteiger partial charge in [0.15, 0.2) is 0 Å². The fraction of sp³-hybridized carbons (Fsp3) is 0.500. The van der Waals surface area contributed by atoms with Crippen LogP contribution in [0.25, 0.3) is 0 Å². The van der Waals surface area contributed by atoms with E-state index in [1.165, 1.54) is 19.1 Å². The molecule has 1 saturated carbocycles. The van der Waals surface area contributed by atoms with Gasteiger partial charge in [0, 0.05) is 13.6 Å². The molecule has 2 amide bonds. The van der Waals surface area contributed by atoms with E-state index in [1.54, 1.807) is 24.1 Å². The monoisotopic (exact) mass is 308 g/mol. The molecule has 1 aliphatic carbocycles. The van der Waals surface area contributed by atoms with E-state index >= 15 is 0 Å². The van der Waals surface area contributed by atoms with Gasteiger partial charge in [0.25, 0.3) is 0 Å². The van der Waals surface area contributed by atoms with Crippen molar-refractivity contribution in [2.24, 2.45) is 0 Å². The number of rotatable bonds is 6. The predicted octanol–water partition coefficient (Wildman–Crippen LogP) is 0.856. The Labute approximate surface area is 129 Å². The normalized spacial score (nSPS) is 16.7. The molecule has 6 heteroatoms. The quantitative estimate of drug-likeness (QED) is 0.819. The van der Waals surface area contributed by atoms with E-state index in [-0.39, 0.29) is 18.1 Å². The van der Waals surface area contributed by atoms with Gasteiger partial charge in [-0.3, -0.25) is 9.59 Å². The molecule has 2 N–H and O–H groups in total. The van der Waals surface area contributed by atoms with Crippen molar-refractivity contribution in [1.82, 2.24) is 10.2 Å². The smallest absolute Gasteiger partial charge is 0.249 e. The highest BCUT2D eigenvalue weighted by molar-refractivity contribution is 5.82. The third-order valence-electron chi connectivity index (χ3n) is 3.86.